The molecule has 4 atom stereocenters. The van der Waals surface area contributed by atoms with Crippen molar-refractivity contribution in [2.45, 2.75) is 18.9 Å². The molecule has 1 unspecified atom stereocenters. The molecule has 3 heteroatoms. The van der Waals surface area contributed by atoms with Crippen LogP contribution >= 0.6 is 0 Å². The molecule has 0 aromatic rings. The summed E-state index contributed by atoms with van der Waals surface area (Å²) in [6.45, 7) is 5.83. The number of nitrogens with two attached hydrogens (primary N) is 1. The summed E-state index contributed by atoms with van der Waals surface area (Å²) in [6, 6.07) is -0.00468. The van der Waals surface area contributed by atoms with E-state index < -0.39 is 0 Å². The molecule has 0 spiro atoms. The zero-order valence-electron chi connectivity index (χ0n) is 7.78. The summed E-state index contributed by atoms with van der Waals surface area (Å²) in [5, 5.41) is 0. The number of fused-ring (bicyclic) bond motifs is 3. The monoisotopic (exact) mass is 180 g/mol. The number of hydrogen-bond donors (Lipinski definition) is 1. The lowest BCUT2D eigenvalue weighted by atomic mass is 9.75. The van der Waals surface area contributed by atoms with Crippen LogP contribution in [0.4, 0.5) is 0 Å². The number of carbonyl (C=O) groups excluding carboxylic acids is 1. The van der Waals surface area contributed by atoms with Crippen LogP contribution in [0.5, 0.6) is 0 Å². The fraction of sp³-hybridized carbons (Fsp3) is 0.700. The lowest BCUT2D eigenvalue weighted by Crippen LogP contribution is -2.57. The van der Waals surface area contributed by atoms with Crippen LogP contribution < -0.4 is 5.73 Å². The summed E-state index contributed by atoms with van der Waals surface area (Å²) in [7, 11) is 0. The molecule has 1 amide bonds. The van der Waals surface area contributed by atoms with Crippen molar-refractivity contribution in [3.63, 3.8) is 0 Å². The highest BCUT2D eigenvalue weighted by Gasteiger charge is 2.40. The SMILES string of the molecule is C=C[C@H]1CN2CC[C@@H]1C[C@@H]2C(N)=O. The van der Waals surface area contributed by atoms with Gasteiger partial charge in [0, 0.05) is 6.54 Å². The van der Waals surface area contributed by atoms with Gasteiger partial charge < -0.3 is 5.73 Å². The second-order valence-electron chi connectivity index (χ2n) is 4.10. The standard InChI is InChI=1S/C10H16N2O/c1-2-7-6-12-4-3-8(7)5-9(12)10(11)13/h2,7-9H,1,3-6H2,(H2,11,13)/t7-,8+,9+/m0/s1. The van der Waals surface area contributed by atoms with E-state index in [1.807, 2.05) is 6.08 Å². The van der Waals surface area contributed by atoms with Crippen molar-refractivity contribution in [3.05, 3.63) is 12.7 Å². The molecule has 3 aliphatic heterocycles. The molecule has 0 aromatic heterocycles. The van der Waals surface area contributed by atoms with E-state index in [-0.39, 0.29) is 11.9 Å². The van der Waals surface area contributed by atoms with Gasteiger partial charge in [0.15, 0.2) is 0 Å². The van der Waals surface area contributed by atoms with Gasteiger partial charge in [-0.1, -0.05) is 6.08 Å². The summed E-state index contributed by atoms with van der Waals surface area (Å²) in [6.07, 6.45) is 4.15. The normalized spacial score (nSPS) is 43.1. The first-order chi connectivity index (χ1) is 6.22. The maximum absolute atomic E-state index is 11.1. The summed E-state index contributed by atoms with van der Waals surface area (Å²) in [4.78, 5) is 13.3. The van der Waals surface area contributed by atoms with Crippen LogP contribution in [0.25, 0.3) is 0 Å². The van der Waals surface area contributed by atoms with Gasteiger partial charge in [0.05, 0.1) is 6.04 Å². The second-order valence-corrected chi connectivity index (χ2v) is 4.10. The Hall–Kier alpha value is -0.830. The molecule has 3 nitrogen and oxygen atoms in total. The second kappa shape index (κ2) is 3.14. The maximum atomic E-state index is 11.1. The lowest BCUT2D eigenvalue weighted by Gasteiger charge is -2.47. The summed E-state index contributed by atoms with van der Waals surface area (Å²) >= 11 is 0. The third kappa shape index (κ3) is 1.37. The van der Waals surface area contributed by atoms with Gasteiger partial charge in [0.2, 0.25) is 5.91 Å². The highest BCUT2D eigenvalue weighted by atomic mass is 16.1. The van der Waals surface area contributed by atoms with Gasteiger partial charge in [-0.05, 0) is 31.2 Å². The Morgan fingerprint density at radius 3 is 2.85 bits per heavy atom. The van der Waals surface area contributed by atoms with Crippen LogP contribution in [0.2, 0.25) is 0 Å². The van der Waals surface area contributed by atoms with Crippen molar-refractivity contribution in [1.29, 1.82) is 0 Å². The molecule has 3 rings (SSSR count). The summed E-state index contributed by atoms with van der Waals surface area (Å²) < 4.78 is 0. The number of carbonyl (C=O) groups is 1. The Morgan fingerprint density at radius 2 is 2.38 bits per heavy atom. The smallest absolute Gasteiger partial charge is 0.234 e. The third-order valence-corrected chi connectivity index (χ3v) is 3.44. The number of piperidine rings is 3. The average molecular weight is 180 g/mol. The zero-order valence-corrected chi connectivity index (χ0v) is 7.78. The highest BCUT2D eigenvalue weighted by Crippen LogP contribution is 2.36. The van der Waals surface area contributed by atoms with Crippen LogP contribution in [0.3, 0.4) is 0 Å². The quantitative estimate of drug-likeness (QED) is 0.624. The molecule has 3 aliphatic rings. The number of rotatable bonds is 2. The van der Waals surface area contributed by atoms with E-state index in [1.54, 1.807) is 0 Å². The van der Waals surface area contributed by atoms with Crippen molar-refractivity contribution >= 4 is 5.91 Å². The number of nitrogens with zero attached hydrogens (tertiary/aromatic N) is 1. The van der Waals surface area contributed by atoms with Crippen molar-refractivity contribution < 1.29 is 4.79 Å². The zero-order chi connectivity index (χ0) is 9.42. The van der Waals surface area contributed by atoms with Crippen LogP contribution in [-0.2, 0) is 4.79 Å². The van der Waals surface area contributed by atoms with Crippen LogP contribution in [-0.4, -0.2) is 29.9 Å². The van der Waals surface area contributed by atoms with Gasteiger partial charge in [0.1, 0.15) is 0 Å². The van der Waals surface area contributed by atoms with Crippen LogP contribution in [0.1, 0.15) is 12.8 Å². The summed E-state index contributed by atoms with van der Waals surface area (Å²) in [5.41, 5.74) is 5.33. The van der Waals surface area contributed by atoms with Crippen LogP contribution in [0, 0.1) is 11.8 Å². The van der Waals surface area contributed by atoms with E-state index in [0.29, 0.717) is 11.8 Å². The maximum Gasteiger partial charge on any atom is 0.234 e. The lowest BCUT2D eigenvalue weighted by molar-refractivity contribution is -0.128. The molecule has 13 heavy (non-hydrogen) atoms. The summed E-state index contributed by atoms with van der Waals surface area (Å²) in [5.74, 6) is 1.05. The van der Waals surface area contributed by atoms with E-state index in [9.17, 15) is 4.79 Å². The Bertz CT molecular complexity index is 239. The van der Waals surface area contributed by atoms with Gasteiger partial charge in [-0.15, -0.1) is 6.58 Å². The van der Waals surface area contributed by atoms with E-state index in [0.717, 1.165) is 19.5 Å². The van der Waals surface area contributed by atoms with E-state index in [1.165, 1.54) is 6.42 Å². The minimum absolute atomic E-state index is 0.00468. The first-order valence-corrected chi connectivity index (χ1v) is 4.88. The third-order valence-electron chi connectivity index (χ3n) is 3.44. The average Bonchev–Trinajstić information content (AvgIpc) is 2.18. The van der Waals surface area contributed by atoms with Gasteiger partial charge in [0.25, 0.3) is 0 Å². The first-order valence-electron chi connectivity index (χ1n) is 4.88. The fourth-order valence-corrected chi connectivity index (χ4v) is 2.63. The predicted octanol–water partition coefficient (Wildman–Crippen LogP) is 0.368. The molecule has 0 aliphatic carbocycles. The van der Waals surface area contributed by atoms with E-state index in [4.69, 9.17) is 5.73 Å². The fourth-order valence-electron chi connectivity index (χ4n) is 2.63. The minimum atomic E-state index is -0.160. The molecule has 3 heterocycles. The van der Waals surface area contributed by atoms with Crippen molar-refractivity contribution in [2.75, 3.05) is 13.1 Å². The Morgan fingerprint density at radius 1 is 1.62 bits per heavy atom. The Balaban J connectivity index is 2.11. The largest absolute Gasteiger partial charge is 0.368 e. The van der Waals surface area contributed by atoms with Gasteiger partial charge in [-0.2, -0.15) is 0 Å². The van der Waals surface area contributed by atoms with Crippen molar-refractivity contribution in [3.8, 4) is 0 Å². The predicted molar refractivity (Wildman–Crippen MR) is 51.0 cm³/mol. The number of amides is 1. The molecular weight excluding hydrogens is 164 g/mol. The first kappa shape index (κ1) is 8.75. The molecule has 2 bridgehead atoms. The van der Waals surface area contributed by atoms with Crippen molar-refractivity contribution in [1.82, 2.24) is 4.90 Å². The number of hydrogen-bond acceptors (Lipinski definition) is 2. The van der Waals surface area contributed by atoms with Gasteiger partial charge >= 0.3 is 0 Å². The molecule has 2 N–H and O–H groups in total. The minimum Gasteiger partial charge on any atom is -0.368 e. The van der Waals surface area contributed by atoms with Crippen molar-refractivity contribution in [2.24, 2.45) is 17.6 Å². The Kier molecular flexibility index (Phi) is 2.12. The molecule has 3 fully saturated rings. The van der Waals surface area contributed by atoms with Gasteiger partial charge in [-0.3, -0.25) is 9.69 Å². The molecule has 0 saturated carbocycles. The molecule has 72 valence electrons. The molecule has 0 radical (unpaired) electrons. The number of primary amides is 1. The van der Waals surface area contributed by atoms with Crippen LogP contribution in [0.15, 0.2) is 12.7 Å². The van der Waals surface area contributed by atoms with Gasteiger partial charge in [-0.25, -0.2) is 0 Å². The molecule has 0 aromatic carbocycles. The molecule has 3 saturated heterocycles. The van der Waals surface area contributed by atoms with E-state index >= 15 is 0 Å². The molecular formula is C10H16N2O. The Labute approximate surface area is 78.6 Å². The van der Waals surface area contributed by atoms with E-state index in [2.05, 4.69) is 11.5 Å². The topological polar surface area (TPSA) is 46.3 Å². The highest BCUT2D eigenvalue weighted by molar-refractivity contribution is 5.80.